The minimum Gasteiger partial charge on any atom is -0.311 e. The van der Waals surface area contributed by atoms with E-state index in [1.807, 2.05) is 0 Å². The molecule has 2 unspecified atom stereocenters. The van der Waals surface area contributed by atoms with Crippen LogP contribution in [0.5, 0.6) is 0 Å². The molecule has 2 atom stereocenters. The minimum atomic E-state index is 0.629. The second-order valence-corrected chi connectivity index (χ2v) is 6.50. The van der Waals surface area contributed by atoms with E-state index in [1.54, 1.807) is 0 Å². The molecule has 0 radical (unpaired) electrons. The fourth-order valence-corrected chi connectivity index (χ4v) is 2.87. The van der Waals surface area contributed by atoms with Gasteiger partial charge in [-0.05, 0) is 31.7 Å². The summed E-state index contributed by atoms with van der Waals surface area (Å²) in [5.41, 5.74) is 2.78. The third-order valence-electron chi connectivity index (χ3n) is 4.04. The van der Waals surface area contributed by atoms with Gasteiger partial charge < -0.3 is 5.32 Å². The van der Waals surface area contributed by atoms with E-state index in [2.05, 4.69) is 62.2 Å². The highest BCUT2D eigenvalue weighted by atomic mass is 15.2. The Morgan fingerprint density at radius 3 is 2.58 bits per heavy atom. The largest absolute Gasteiger partial charge is 0.311 e. The number of rotatable bonds is 4. The van der Waals surface area contributed by atoms with Gasteiger partial charge in [0.15, 0.2) is 0 Å². The molecule has 1 saturated heterocycles. The van der Waals surface area contributed by atoms with E-state index < -0.39 is 0 Å². The normalized spacial score (nSPS) is 24.9. The van der Waals surface area contributed by atoms with Gasteiger partial charge in [-0.2, -0.15) is 0 Å². The van der Waals surface area contributed by atoms with E-state index in [4.69, 9.17) is 0 Å². The first-order chi connectivity index (χ1) is 9.04. The summed E-state index contributed by atoms with van der Waals surface area (Å²) >= 11 is 0. The molecule has 2 rings (SSSR count). The van der Waals surface area contributed by atoms with Crippen molar-refractivity contribution in [3.05, 3.63) is 35.4 Å². The maximum atomic E-state index is 3.68. The van der Waals surface area contributed by atoms with Crippen LogP contribution in [-0.4, -0.2) is 30.1 Å². The number of nitrogens with one attached hydrogen (secondary N) is 1. The third-order valence-corrected chi connectivity index (χ3v) is 4.04. The average molecular weight is 260 g/mol. The topological polar surface area (TPSA) is 15.3 Å². The number of nitrogens with zero attached hydrogens (tertiary/aromatic N) is 1. The van der Waals surface area contributed by atoms with Gasteiger partial charge in [-0.25, -0.2) is 0 Å². The highest BCUT2D eigenvalue weighted by Crippen LogP contribution is 2.16. The molecular formula is C17H28N2. The number of benzene rings is 1. The lowest BCUT2D eigenvalue weighted by Crippen LogP contribution is -2.55. The van der Waals surface area contributed by atoms with Crippen LogP contribution in [0.15, 0.2) is 24.3 Å². The van der Waals surface area contributed by atoms with E-state index in [0.29, 0.717) is 12.1 Å². The van der Waals surface area contributed by atoms with Gasteiger partial charge in [0, 0.05) is 31.7 Å². The molecule has 0 saturated carbocycles. The zero-order valence-corrected chi connectivity index (χ0v) is 12.8. The molecule has 1 N–H and O–H groups in total. The lowest BCUT2D eigenvalue weighted by Gasteiger charge is -2.39. The lowest BCUT2D eigenvalue weighted by molar-refractivity contribution is 0.125. The maximum absolute atomic E-state index is 3.68. The van der Waals surface area contributed by atoms with Gasteiger partial charge >= 0.3 is 0 Å². The Kier molecular flexibility index (Phi) is 5.00. The van der Waals surface area contributed by atoms with Crippen molar-refractivity contribution in [3.8, 4) is 0 Å². The average Bonchev–Trinajstić information content (AvgIpc) is 2.35. The molecule has 0 spiro atoms. The fourth-order valence-electron chi connectivity index (χ4n) is 2.87. The van der Waals surface area contributed by atoms with Gasteiger partial charge in [0.2, 0.25) is 0 Å². The van der Waals surface area contributed by atoms with E-state index in [0.717, 1.165) is 19.0 Å². The monoisotopic (exact) mass is 260 g/mol. The summed E-state index contributed by atoms with van der Waals surface area (Å²) in [5.74, 6) is 0.770. The molecule has 19 heavy (non-hydrogen) atoms. The van der Waals surface area contributed by atoms with Crippen LogP contribution in [0.3, 0.4) is 0 Å². The first-order valence-corrected chi connectivity index (χ1v) is 7.57. The van der Waals surface area contributed by atoms with Gasteiger partial charge in [0.05, 0.1) is 0 Å². The van der Waals surface area contributed by atoms with Crippen LogP contribution in [0.1, 0.15) is 38.3 Å². The summed E-state index contributed by atoms with van der Waals surface area (Å²) in [6.07, 6.45) is 1.27. The second kappa shape index (κ2) is 6.53. The first kappa shape index (κ1) is 14.5. The number of aryl methyl sites for hydroxylation is 1. The zero-order valence-electron chi connectivity index (χ0n) is 12.8. The maximum Gasteiger partial charge on any atom is 0.0237 e. The summed E-state index contributed by atoms with van der Waals surface area (Å²) in [4.78, 5) is 2.62. The Morgan fingerprint density at radius 2 is 1.95 bits per heavy atom. The van der Waals surface area contributed by atoms with Gasteiger partial charge in [-0.3, -0.25) is 4.90 Å². The van der Waals surface area contributed by atoms with Gasteiger partial charge in [0.1, 0.15) is 0 Å². The van der Waals surface area contributed by atoms with Gasteiger partial charge in [-0.1, -0.05) is 43.7 Å². The van der Waals surface area contributed by atoms with Crippen molar-refractivity contribution >= 4 is 0 Å². The minimum absolute atomic E-state index is 0.629. The lowest BCUT2D eigenvalue weighted by atomic mass is 9.99. The zero-order chi connectivity index (χ0) is 13.8. The van der Waals surface area contributed by atoms with E-state index >= 15 is 0 Å². The highest BCUT2D eigenvalue weighted by molar-refractivity contribution is 5.21. The molecule has 1 heterocycles. The molecule has 0 aromatic heterocycles. The fraction of sp³-hybridized carbons (Fsp3) is 0.647. The Morgan fingerprint density at radius 1 is 1.26 bits per heavy atom. The summed E-state index contributed by atoms with van der Waals surface area (Å²) in [6.45, 7) is 12.5. The molecule has 106 valence electrons. The molecule has 1 fully saturated rings. The summed E-state index contributed by atoms with van der Waals surface area (Å²) in [7, 11) is 0. The molecule has 0 aliphatic carbocycles. The van der Waals surface area contributed by atoms with Crippen molar-refractivity contribution in [1.29, 1.82) is 0 Å². The van der Waals surface area contributed by atoms with E-state index in [9.17, 15) is 0 Å². The van der Waals surface area contributed by atoms with Crippen LogP contribution in [0.4, 0.5) is 0 Å². The summed E-state index contributed by atoms with van der Waals surface area (Å²) in [5, 5.41) is 3.68. The molecule has 2 nitrogen and oxygen atoms in total. The number of piperazine rings is 1. The third kappa shape index (κ3) is 4.32. The van der Waals surface area contributed by atoms with Crippen molar-refractivity contribution in [2.24, 2.45) is 5.92 Å². The molecule has 0 amide bonds. The van der Waals surface area contributed by atoms with Crippen LogP contribution in [-0.2, 0) is 6.54 Å². The Balaban J connectivity index is 1.95. The molecule has 0 bridgehead atoms. The Labute approximate surface area is 118 Å². The van der Waals surface area contributed by atoms with Crippen molar-refractivity contribution < 1.29 is 0 Å². The standard InChI is InChI=1S/C17H28N2/c1-13(2)9-17-12-19(15(4)10-18-17)11-16-7-5-14(3)6-8-16/h5-8,13,15,17-18H,9-12H2,1-4H3. The van der Waals surface area contributed by atoms with Crippen molar-refractivity contribution in [2.75, 3.05) is 13.1 Å². The van der Waals surface area contributed by atoms with Crippen LogP contribution in [0.2, 0.25) is 0 Å². The van der Waals surface area contributed by atoms with Gasteiger partial charge in [0.25, 0.3) is 0 Å². The predicted octanol–water partition coefficient (Wildman–Crippen LogP) is 3.20. The quantitative estimate of drug-likeness (QED) is 0.894. The van der Waals surface area contributed by atoms with E-state index in [1.165, 1.54) is 24.1 Å². The summed E-state index contributed by atoms with van der Waals surface area (Å²) < 4.78 is 0. The number of hydrogen-bond acceptors (Lipinski definition) is 2. The molecule has 1 aliphatic heterocycles. The van der Waals surface area contributed by atoms with Crippen molar-refractivity contribution in [3.63, 3.8) is 0 Å². The van der Waals surface area contributed by atoms with Crippen LogP contribution in [0.25, 0.3) is 0 Å². The van der Waals surface area contributed by atoms with Crippen molar-refractivity contribution in [1.82, 2.24) is 10.2 Å². The smallest absolute Gasteiger partial charge is 0.0237 e. The first-order valence-electron chi connectivity index (χ1n) is 7.57. The van der Waals surface area contributed by atoms with Gasteiger partial charge in [-0.15, -0.1) is 0 Å². The predicted molar refractivity (Wildman–Crippen MR) is 82.3 cm³/mol. The second-order valence-electron chi connectivity index (χ2n) is 6.50. The Bertz CT molecular complexity index is 383. The molecule has 1 aliphatic rings. The SMILES string of the molecule is Cc1ccc(CN2CC(CC(C)C)NCC2C)cc1. The van der Waals surface area contributed by atoms with Crippen molar-refractivity contribution in [2.45, 2.75) is 52.7 Å². The van der Waals surface area contributed by atoms with Crippen LogP contribution < -0.4 is 5.32 Å². The number of hydrogen-bond donors (Lipinski definition) is 1. The Hall–Kier alpha value is -0.860. The highest BCUT2D eigenvalue weighted by Gasteiger charge is 2.25. The van der Waals surface area contributed by atoms with Crippen LogP contribution in [0, 0.1) is 12.8 Å². The summed E-state index contributed by atoms with van der Waals surface area (Å²) in [6, 6.07) is 10.2. The van der Waals surface area contributed by atoms with E-state index in [-0.39, 0.29) is 0 Å². The molecule has 2 heteroatoms. The molecule has 1 aromatic rings. The molecular weight excluding hydrogens is 232 g/mol. The molecule has 1 aromatic carbocycles. The van der Waals surface area contributed by atoms with Crippen LogP contribution >= 0.6 is 0 Å².